The van der Waals surface area contributed by atoms with E-state index in [4.69, 9.17) is 11.6 Å². The van der Waals surface area contributed by atoms with Crippen molar-refractivity contribution in [1.29, 1.82) is 0 Å². The van der Waals surface area contributed by atoms with E-state index in [1.165, 1.54) is 31.7 Å². The van der Waals surface area contributed by atoms with Gasteiger partial charge in [-0.2, -0.15) is 0 Å². The number of halogens is 3. The van der Waals surface area contributed by atoms with E-state index in [-0.39, 0.29) is 11.2 Å². The lowest BCUT2D eigenvalue weighted by molar-refractivity contribution is 0.340. The molecule has 0 nitrogen and oxygen atoms in total. The van der Waals surface area contributed by atoms with Crippen LogP contribution in [0.4, 0.5) is 4.39 Å². The fourth-order valence-electron chi connectivity index (χ4n) is 2.57. The highest BCUT2D eigenvalue weighted by molar-refractivity contribution is 9.10. The minimum absolute atomic E-state index is 0.180. The van der Waals surface area contributed by atoms with E-state index in [2.05, 4.69) is 15.9 Å². The van der Waals surface area contributed by atoms with Crippen LogP contribution in [0.1, 0.15) is 31.2 Å². The Morgan fingerprint density at radius 1 is 1.31 bits per heavy atom. The number of benzene rings is 1. The first kappa shape index (κ1) is 12.4. The Morgan fingerprint density at radius 2 is 2.00 bits per heavy atom. The Morgan fingerprint density at radius 3 is 2.62 bits per heavy atom. The summed E-state index contributed by atoms with van der Waals surface area (Å²) in [5.74, 6) is 0.496. The molecule has 0 amide bonds. The van der Waals surface area contributed by atoms with Crippen molar-refractivity contribution < 1.29 is 4.39 Å². The van der Waals surface area contributed by atoms with E-state index in [9.17, 15) is 4.39 Å². The van der Waals surface area contributed by atoms with Gasteiger partial charge in [0.15, 0.2) is 0 Å². The number of hydrogen-bond donors (Lipinski definition) is 0. The fourth-order valence-corrected chi connectivity index (χ4v) is 3.34. The van der Waals surface area contributed by atoms with E-state index in [1.54, 1.807) is 6.07 Å². The molecule has 0 spiro atoms. The molecule has 1 aliphatic carbocycles. The van der Waals surface area contributed by atoms with Gasteiger partial charge in [0.1, 0.15) is 5.82 Å². The highest BCUT2D eigenvalue weighted by Gasteiger charge is 2.33. The summed E-state index contributed by atoms with van der Waals surface area (Å²) in [6, 6.07) is 5.24. The summed E-state index contributed by atoms with van der Waals surface area (Å²) in [4.78, 5) is 0. The van der Waals surface area contributed by atoms with Crippen LogP contribution in [0.5, 0.6) is 0 Å². The van der Waals surface area contributed by atoms with Gasteiger partial charge in [-0.15, -0.1) is 11.6 Å². The highest BCUT2D eigenvalue weighted by Crippen LogP contribution is 2.43. The lowest BCUT2D eigenvalue weighted by Gasteiger charge is -2.26. The molecule has 0 heterocycles. The Hall–Kier alpha value is -0.0800. The Labute approximate surface area is 109 Å². The second-order valence-corrected chi connectivity index (χ2v) is 5.79. The predicted octanol–water partition coefficient (Wildman–Crippen LogP) is 4.93. The van der Waals surface area contributed by atoms with Crippen molar-refractivity contribution in [2.75, 3.05) is 5.88 Å². The van der Waals surface area contributed by atoms with Gasteiger partial charge in [0.05, 0.1) is 4.47 Å². The van der Waals surface area contributed by atoms with E-state index in [1.807, 2.05) is 6.07 Å². The SMILES string of the molecule is Fc1cccc(CC2(CCl)CCCC2)c1Br. The van der Waals surface area contributed by atoms with E-state index in [0.29, 0.717) is 10.4 Å². The van der Waals surface area contributed by atoms with Crippen molar-refractivity contribution in [3.8, 4) is 0 Å². The zero-order valence-corrected chi connectivity index (χ0v) is 11.5. The first-order valence-electron chi connectivity index (χ1n) is 5.66. The van der Waals surface area contributed by atoms with Crippen LogP contribution >= 0.6 is 27.5 Å². The molecule has 16 heavy (non-hydrogen) atoms. The molecule has 0 bridgehead atoms. The Kier molecular flexibility index (Phi) is 3.91. The molecule has 0 radical (unpaired) electrons. The van der Waals surface area contributed by atoms with Crippen LogP contribution in [-0.2, 0) is 6.42 Å². The summed E-state index contributed by atoms with van der Waals surface area (Å²) in [5.41, 5.74) is 1.24. The van der Waals surface area contributed by atoms with Crippen molar-refractivity contribution in [3.63, 3.8) is 0 Å². The van der Waals surface area contributed by atoms with Gasteiger partial charge < -0.3 is 0 Å². The zero-order valence-electron chi connectivity index (χ0n) is 9.11. The van der Waals surface area contributed by atoms with Crippen molar-refractivity contribution in [1.82, 2.24) is 0 Å². The van der Waals surface area contributed by atoms with Gasteiger partial charge in [-0.05, 0) is 52.2 Å². The molecule has 0 aromatic heterocycles. The summed E-state index contributed by atoms with van der Waals surface area (Å²) in [6.07, 6.45) is 5.72. The van der Waals surface area contributed by atoms with E-state index < -0.39 is 0 Å². The van der Waals surface area contributed by atoms with Crippen LogP contribution in [0.3, 0.4) is 0 Å². The standard InChI is InChI=1S/C13H15BrClF/c14-12-10(4-3-5-11(12)16)8-13(9-15)6-1-2-7-13/h3-5H,1-2,6-9H2. The number of rotatable bonds is 3. The van der Waals surface area contributed by atoms with Gasteiger partial charge >= 0.3 is 0 Å². The van der Waals surface area contributed by atoms with Crippen LogP contribution in [0, 0.1) is 11.2 Å². The van der Waals surface area contributed by atoms with Crippen LogP contribution in [0.25, 0.3) is 0 Å². The molecule has 88 valence electrons. The second kappa shape index (κ2) is 5.05. The molecule has 1 fully saturated rings. The normalized spacial score (nSPS) is 18.9. The average Bonchev–Trinajstić information content (AvgIpc) is 2.74. The van der Waals surface area contributed by atoms with E-state index in [0.717, 1.165) is 12.0 Å². The maximum Gasteiger partial charge on any atom is 0.137 e. The Bertz CT molecular complexity index is 372. The van der Waals surface area contributed by atoms with Gasteiger partial charge in [-0.3, -0.25) is 0 Å². The lowest BCUT2D eigenvalue weighted by atomic mass is 9.82. The summed E-state index contributed by atoms with van der Waals surface area (Å²) >= 11 is 9.42. The third-order valence-electron chi connectivity index (χ3n) is 3.54. The van der Waals surface area contributed by atoms with Crippen LogP contribution in [-0.4, -0.2) is 5.88 Å². The highest BCUT2D eigenvalue weighted by atomic mass is 79.9. The van der Waals surface area contributed by atoms with Crippen molar-refractivity contribution in [2.24, 2.45) is 5.41 Å². The second-order valence-electron chi connectivity index (χ2n) is 4.73. The topological polar surface area (TPSA) is 0 Å². The molecule has 0 aliphatic heterocycles. The van der Waals surface area contributed by atoms with E-state index >= 15 is 0 Å². The van der Waals surface area contributed by atoms with Gasteiger partial charge in [0.2, 0.25) is 0 Å². The maximum absolute atomic E-state index is 13.4. The summed E-state index contributed by atoms with van der Waals surface area (Å²) in [5, 5.41) is 0. The van der Waals surface area contributed by atoms with Crippen LogP contribution in [0.15, 0.2) is 22.7 Å². The molecule has 0 unspecified atom stereocenters. The van der Waals surface area contributed by atoms with Gasteiger partial charge in [0.25, 0.3) is 0 Å². The van der Waals surface area contributed by atoms with Crippen molar-refractivity contribution in [2.45, 2.75) is 32.1 Å². The fraction of sp³-hybridized carbons (Fsp3) is 0.538. The predicted molar refractivity (Wildman–Crippen MR) is 69.4 cm³/mol. The molecule has 1 aliphatic rings. The molecule has 1 aromatic carbocycles. The average molecular weight is 306 g/mol. The van der Waals surface area contributed by atoms with Gasteiger partial charge in [-0.25, -0.2) is 4.39 Å². The first-order valence-corrected chi connectivity index (χ1v) is 6.98. The monoisotopic (exact) mass is 304 g/mol. The molecular formula is C13H15BrClF. The molecule has 0 N–H and O–H groups in total. The third-order valence-corrected chi connectivity index (χ3v) is 5.00. The quantitative estimate of drug-likeness (QED) is 0.695. The lowest BCUT2D eigenvalue weighted by Crippen LogP contribution is -2.22. The zero-order chi connectivity index (χ0) is 11.6. The van der Waals surface area contributed by atoms with Crippen molar-refractivity contribution in [3.05, 3.63) is 34.1 Å². The minimum Gasteiger partial charge on any atom is -0.206 e. The molecule has 1 aromatic rings. The molecule has 3 heteroatoms. The first-order chi connectivity index (χ1) is 7.67. The number of hydrogen-bond acceptors (Lipinski definition) is 0. The Balaban J connectivity index is 2.22. The van der Waals surface area contributed by atoms with Gasteiger partial charge in [-0.1, -0.05) is 25.0 Å². The molecule has 0 atom stereocenters. The number of alkyl halides is 1. The summed E-state index contributed by atoms with van der Waals surface area (Å²) < 4.78 is 14.0. The molecule has 1 saturated carbocycles. The minimum atomic E-state index is -0.180. The largest absolute Gasteiger partial charge is 0.206 e. The summed E-state index contributed by atoms with van der Waals surface area (Å²) in [6.45, 7) is 0. The van der Waals surface area contributed by atoms with Crippen LogP contribution in [0.2, 0.25) is 0 Å². The molecule has 2 rings (SSSR count). The van der Waals surface area contributed by atoms with Crippen molar-refractivity contribution >= 4 is 27.5 Å². The molecule has 0 saturated heterocycles. The summed E-state index contributed by atoms with van der Waals surface area (Å²) in [7, 11) is 0. The third kappa shape index (κ3) is 2.43. The van der Waals surface area contributed by atoms with Crippen LogP contribution < -0.4 is 0 Å². The smallest absolute Gasteiger partial charge is 0.137 e. The van der Waals surface area contributed by atoms with Gasteiger partial charge in [0, 0.05) is 5.88 Å². The maximum atomic E-state index is 13.4. The molecular weight excluding hydrogens is 290 g/mol.